The van der Waals surface area contributed by atoms with Crippen molar-refractivity contribution < 1.29 is 9.84 Å². The zero-order valence-corrected chi connectivity index (χ0v) is 15.9. The van der Waals surface area contributed by atoms with E-state index in [1.54, 1.807) is 0 Å². The first kappa shape index (κ1) is 19.5. The number of hydrogen-bond donors (Lipinski definition) is 1. The second-order valence-corrected chi connectivity index (χ2v) is 7.04. The van der Waals surface area contributed by atoms with E-state index in [1.165, 1.54) is 5.56 Å². The van der Waals surface area contributed by atoms with Gasteiger partial charge in [0, 0.05) is 25.0 Å². The molecule has 0 aromatic heterocycles. The van der Waals surface area contributed by atoms with Crippen molar-refractivity contribution in [2.45, 2.75) is 52.8 Å². The van der Waals surface area contributed by atoms with Crippen LogP contribution in [-0.4, -0.2) is 35.2 Å². The molecule has 0 unspecified atom stereocenters. The molecule has 0 spiro atoms. The predicted octanol–water partition coefficient (Wildman–Crippen LogP) is 4.27. The van der Waals surface area contributed by atoms with Gasteiger partial charge in [0.25, 0.3) is 0 Å². The molecule has 0 aliphatic carbocycles. The van der Waals surface area contributed by atoms with E-state index in [0.717, 1.165) is 29.8 Å². The summed E-state index contributed by atoms with van der Waals surface area (Å²) < 4.78 is 6.12. The van der Waals surface area contributed by atoms with E-state index in [1.807, 2.05) is 24.3 Å². The van der Waals surface area contributed by atoms with Crippen molar-refractivity contribution in [3.63, 3.8) is 0 Å². The Hall–Kier alpha value is -1.84. The summed E-state index contributed by atoms with van der Waals surface area (Å²) in [5.74, 6) is 0.911. The Kier molecular flexibility index (Phi) is 7.48. The molecule has 3 heteroatoms. The maximum Gasteiger partial charge on any atom is 0.122 e. The minimum Gasteiger partial charge on any atom is -0.492 e. The van der Waals surface area contributed by atoms with E-state index < -0.39 is 0 Å². The van der Waals surface area contributed by atoms with Crippen LogP contribution in [0.3, 0.4) is 0 Å². The molecule has 0 aliphatic rings. The summed E-state index contributed by atoms with van der Waals surface area (Å²) in [7, 11) is 0. The molecule has 0 bridgehead atoms. The molecule has 0 saturated heterocycles. The Morgan fingerprint density at radius 2 is 1.60 bits per heavy atom. The lowest BCUT2D eigenvalue weighted by Crippen LogP contribution is -2.39. The molecule has 0 atom stereocenters. The number of ether oxygens (including phenoxy) is 1. The van der Waals surface area contributed by atoms with Gasteiger partial charge in [0.1, 0.15) is 12.4 Å². The summed E-state index contributed by atoms with van der Waals surface area (Å²) in [6, 6.07) is 17.3. The van der Waals surface area contributed by atoms with E-state index >= 15 is 0 Å². The fourth-order valence-electron chi connectivity index (χ4n) is 3.20. The Morgan fingerprint density at radius 1 is 0.920 bits per heavy atom. The van der Waals surface area contributed by atoms with Crippen LogP contribution in [0.15, 0.2) is 48.5 Å². The molecule has 0 heterocycles. The molecule has 136 valence electrons. The predicted molar refractivity (Wildman–Crippen MR) is 104 cm³/mol. The summed E-state index contributed by atoms with van der Waals surface area (Å²) in [5, 5.41) is 9.44. The number of benzene rings is 2. The summed E-state index contributed by atoms with van der Waals surface area (Å²) in [6.45, 7) is 10.5. The summed E-state index contributed by atoms with van der Waals surface area (Å²) >= 11 is 0. The van der Waals surface area contributed by atoms with E-state index in [0.29, 0.717) is 18.7 Å². The molecule has 0 amide bonds. The lowest BCUT2D eigenvalue weighted by molar-refractivity contribution is 0.141. The van der Waals surface area contributed by atoms with Gasteiger partial charge in [-0.15, -0.1) is 0 Å². The number of rotatable bonds is 9. The third-order valence-corrected chi connectivity index (χ3v) is 4.48. The molecule has 0 fully saturated rings. The molecule has 0 saturated carbocycles. The zero-order valence-electron chi connectivity index (χ0n) is 15.9. The van der Waals surface area contributed by atoms with Crippen LogP contribution < -0.4 is 4.74 Å². The topological polar surface area (TPSA) is 32.7 Å². The Morgan fingerprint density at radius 3 is 2.20 bits per heavy atom. The third kappa shape index (κ3) is 5.87. The normalized spacial score (nSPS) is 11.5. The van der Waals surface area contributed by atoms with E-state index in [9.17, 15) is 5.11 Å². The van der Waals surface area contributed by atoms with Crippen LogP contribution in [0, 0.1) is 0 Å². The van der Waals surface area contributed by atoms with Crippen molar-refractivity contribution in [2.24, 2.45) is 0 Å². The zero-order chi connectivity index (χ0) is 18.2. The van der Waals surface area contributed by atoms with E-state index in [2.05, 4.69) is 56.9 Å². The van der Waals surface area contributed by atoms with Gasteiger partial charge in [-0.05, 0) is 56.5 Å². The Bertz CT molecular complexity index is 630. The summed E-state index contributed by atoms with van der Waals surface area (Å²) in [6.07, 6.45) is 0.808. The first-order chi connectivity index (χ1) is 12.0. The maximum absolute atomic E-state index is 9.44. The van der Waals surface area contributed by atoms with Gasteiger partial charge < -0.3 is 9.84 Å². The number of aliphatic hydroxyl groups excluding tert-OH is 1. The molecule has 2 rings (SSSR count). The van der Waals surface area contributed by atoms with Gasteiger partial charge in [-0.3, -0.25) is 4.90 Å². The molecule has 0 radical (unpaired) electrons. The van der Waals surface area contributed by atoms with E-state index in [-0.39, 0.29) is 6.61 Å². The number of nitrogens with zero attached hydrogens (tertiary/aromatic N) is 1. The molecule has 0 aliphatic heterocycles. The van der Waals surface area contributed by atoms with Crippen molar-refractivity contribution in [3.8, 4) is 5.75 Å². The van der Waals surface area contributed by atoms with Crippen molar-refractivity contribution in [3.05, 3.63) is 65.2 Å². The van der Waals surface area contributed by atoms with Crippen molar-refractivity contribution in [2.75, 3.05) is 13.2 Å². The van der Waals surface area contributed by atoms with Gasteiger partial charge in [-0.2, -0.15) is 0 Å². The van der Waals surface area contributed by atoms with Crippen LogP contribution in [-0.2, 0) is 13.0 Å². The highest BCUT2D eigenvalue weighted by atomic mass is 16.5. The molecular formula is C22H31NO2. The van der Waals surface area contributed by atoms with Crippen LogP contribution in [0.2, 0.25) is 0 Å². The highest BCUT2D eigenvalue weighted by molar-refractivity contribution is 5.40. The summed E-state index contributed by atoms with van der Waals surface area (Å²) in [4.78, 5) is 2.43. The monoisotopic (exact) mass is 341 g/mol. The quantitative estimate of drug-likeness (QED) is 0.739. The molecule has 1 N–H and O–H groups in total. The Labute approximate surface area is 152 Å². The molecule has 25 heavy (non-hydrogen) atoms. The van der Waals surface area contributed by atoms with E-state index in [4.69, 9.17) is 4.74 Å². The SMILES string of the molecule is CC(C)N(CCOc1ccc(CO)cc1Cc1ccccc1)C(C)C. The molecular weight excluding hydrogens is 310 g/mol. The van der Waals surface area contributed by atoms with Gasteiger partial charge in [0.15, 0.2) is 0 Å². The fourth-order valence-corrected chi connectivity index (χ4v) is 3.20. The minimum absolute atomic E-state index is 0.0521. The van der Waals surface area contributed by atoms with Crippen LogP contribution in [0.5, 0.6) is 5.75 Å². The van der Waals surface area contributed by atoms with Gasteiger partial charge >= 0.3 is 0 Å². The highest BCUT2D eigenvalue weighted by Crippen LogP contribution is 2.24. The van der Waals surface area contributed by atoms with Crippen LogP contribution in [0.25, 0.3) is 0 Å². The van der Waals surface area contributed by atoms with Crippen LogP contribution >= 0.6 is 0 Å². The first-order valence-corrected chi connectivity index (χ1v) is 9.16. The lowest BCUT2D eigenvalue weighted by Gasteiger charge is -2.30. The number of aliphatic hydroxyl groups is 1. The second-order valence-electron chi connectivity index (χ2n) is 7.04. The van der Waals surface area contributed by atoms with Crippen molar-refractivity contribution in [1.29, 1.82) is 0 Å². The number of hydrogen-bond acceptors (Lipinski definition) is 3. The maximum atomic E-state index is 9.44. The van der Waals surface area contributed by atoms with Gasteiger partial charge in [0.2, 0.25) is 0 Å². The average molecular weight is 341 g/mol. The molecule has 3 nitrogen and oxygen atoms in total. The van der Waals surface area contributed by atoms with Gasteiger partial charge in [0.05, 0.1) is 6.61 Å². The smallest absolute Gasteiger partial charge is 0.122 e. The third-order valence-electron chi connectivity index (χ3n) is 4.48. The minimum atomic E-state index is 0.0521. The van der Waals surface area contributed by atoms with Crippen molar-refractivity contribution >= 4 is 0 Å². The van der Waals surface area contributed by atoms with Crippen LogP contribution in [0.4, 0.5) is 0 Å². The Balaban J connectivity index is 2.08. The second kappa shape index (κ2) is 9.59. The lowest BCUT2D eigenvalue weighted by atomic mass is 10.0. The van der Waals surface area contributed by atoms with Gasteiger partial charge in [-0.1, -0.05) is 36.4 Å². The van der Waals surface area contributed by atoms with Crippen molar-refractivity contribution in [1.82, 2.24) is 4.90 Å². The van der Waals surface area contributed by atoms with Gasteiger partial charge in [-0.25, -0.2) is 0 Å². The molecule has 2 aromatic rings. The average Bonchev–Trinajstić information content (AvgIpc) is 2.59. The largest absolute Gasteiger partial charge is 0.492 e. The molecule has 2 aromatic carbocycles. The first-order valence-electron chi connectivity index (χ1n) is 9.16. The summed E-state index contributed by atoms with van der Waals surface area (Å²) in [5.41, 5.74) is 3.29. The highest BCUT2D eigenvalue weighted by Gasteiger charge is 2.13. The fraction of sp³-hybridized carbons (Fsp3) is 0.455. The standard InChI is InChI=1S/C22H31NO2/c1-17(2)23(18(3)4)12-13-25-22-11-10-20(16-24)15-21(22)14-19-8-6-5-7-9-19/h5-11,15,17-18,24H,12-14,16H2,1-4H3. The van der Waals surface area contributed by atoms with Crippen LogP contribution in [0.1, 0.15) is 44.4 Å².